The monoisotopic (exact) mass is 358 g/mol. The van der Waals surface area contributed by atoms with E-state index in [1.165, 1.54) is 5.56 Å². The quantitative estimate of drug-likeness (QED) is 0.590. The van der Waals surface area contributed by atoms with Crippen LogP contribution in [0.5, 0.6) is 5.75 Å². The molecular weight excluding hydrogens is 336 g/mol. The summed E-state index contributed by atoms with van der Waals surface area (Å²) in [6.07, 6.45) is 2.48. The van der Waals surface area contributed by atoms with Crippen LogP contribution < -0.4 is 4.74 Å². The molecule has 1 fully saturated rings. The molecule has 0 spiro atoms. The summed E-state index contributed by atoms with van der Waals surface area (Å²) in [4.78, 5) is 0.558. The van der Waals surface area contributed by atoms with Crippen molar-refractivity contribution in [3.05, 3.63) is 28.3 Å². The van der Waals surface area contributed by atoms with Gasteiger partial charge in [-0.25, -0.2) is 0 Å². The minimum atomic E-state index is 0.226. The van der Waals surface area contributed by atoms with Gasteiger partial charge in [0.2, 0.25) is 0 Å². The molecule has 1 aromatic rings. The van der Waals surface area contributed by atoms with Crippen LogP contribution in [0.1, 0.15) is 57.6 Å². The molecular formula is C17H24BrClO. The summed E-state index contributed by atoms with van der Waals surface area (Å²) in [5, 5.41) is 0.843. The van der Waals surface area contributed by atoms with Gasteiger partial charge in [-0.1, -0.05) is 55.2 Å². The largest absolute Gasteiger partial charge is 0.489 e. The first-order valence-electron chi connectivity index (χ1n) is 7.40. The zero-order valence-corrected chi connectivity index (χ0v) is 15.3. The molecule has 1 saturated carbocycles. The Morgan fingerprint density at radius 3 is 2.60 bits per heavy atom. The maximum absolute atomic E-state index is 6.32. The minimum Gasteiger partial charge on any atom is -0.489 e. The lowest BCUT2D eigenvalue weighted by Crippen LogP contribution is -2.54. The second-order valence-electron chi connectivity index (χ2n) is 6.46. The van der Waals surface area contributed by atoms with Crippen molar-refractivity contribution in [3.8, 4) is 5.75 Å². The van der Waals surface area contributed by atoms with Crippen LogP contribution in [-0.4, -0.2) is 10.9 Å². The summed E-state index contributed by atoms with van der Waals surface area (Å²) in [6.45, 7) is 10.9. The molecule has 1 aliphatic rings. The molecule has 1 nitrogen and oxygen atoms in total. The van der Waals surface area contributed by atoms with E-state index in [-0.39, 0.29) is 11.5 Å². The van der Waals surface area contributed by atoms with E-state index >= 15 is 0 Å². The van der Waals surface area contributed by atoms with Crippen molar-refractivity contribution < 1.29 is 4.74 Å². The maximum Gasteiger partial charge on any atom is 0.123 e. The van der Waals surface area contributed by atoms with Gasteiger partial charge >= 0.3 is 0 Å². The number of aryl methyl sites for hydroxylation is 1. The Kier molecular flexibility index (Phi) is 4.76. The molecule has 112 valence electrons. The molecule has 1 aliphatic carbocycles. The summed E-state index contributed by atoms with van der Waals surface area (Å²) in [5.41, 5.74) is 2.51. The molecule has 0 aromatic heterocycles. The normalized spacial score (nSPS) is 29.4. The molecule has 0 saturated heterocycles. The summed E-state index contributed by atoms with van der Waals surface area (Å²) in [6, 6.07) is 4.15. The van der Waals surface area contributed by atoms with E-state index in [0.717, 1.165) is 29.2 Å². The highest BCUT2D eigenvalue weighted by Crippen LogP contribution is 2.50. The van der Waals surface area contributed by atoms with Gasteiger partial charge in [0, 0.05) is 15.3 Å². The Bertz CT molecular complexity index is 500. The lowest BCUT2D eigenvalue weighted by molar-refractivity contribution is -0.0247. The predicted octanol–water partition coefficient (Wildman–Crippen LogP) is 6.10. The van der Waals surface area contributed by atoms with Gasteiger partial charge in [0.25, 0.3) is 0 Å². The molecule has 3 unspecified atom stereocenters. The van der Waals surface area contributed by atoms with Crippen LogP contribution >= 0.6 is 27.5 Å². The number of hydrogen-bond acceptors (Lipinski definition) is 1. The zero-order valence-electron chi connectivity index (χ0n) is 13.0. The number of ether oxygens (including phenoxy) is 1. The third kappa shape index (κ3) is 2.74. The molecule has 1 aromatic carbocycles. The lowest BCUT2D eigenvalue weighted by atomic mass is 9.65. The van der Waals surface area contributed by atoms with Crippen molar-refractivity contribution in [3.63, 3.8) is 0 Å². The van der Waals surface area contributed by atoms with Crippen molar-refractivity contribution in [2.24, 2.45) is 5.41 Å². The van der Waals surface area contributed by atoms with Crippen molar-refractivity contribution >= 4 is 27.5 Å². The van der Waals surface area contributed by atoms with Crippen LogP contribution in [0.25, 0.3) is 0 Å². The van der Waals surface area contributed by atoms with Gasteiger partial charge in [-0.2, -0.15) is 0 Å². The molecule has 20 heavy (non-hydrogen) atoms. The van der Waals surface area contributed by atoms with Crippen LogP contribution in [0.3, 0.4) is 0 Å². The number of hydrogen-bond donors (Lipinski definition) is 0. The van der Waals surface area contributed by atoms with Gasteiger partial charge in [-0.15, -0.1) is 0 Å². The summed E-state index contributed by atoms with van der Waals surface area (Å²) in [5.74, 6) is 1.40. The van der Waals surface area contributed by atoms with Crippen LogP contribution in [0, 0.1) is 12.3 Å². The smallest absolute Gasteiger partial charge is 0.123 e. The van der Waals surface area contributed by atoms with Crippen molar-refractivity contribution in [1.29, 1.82) is 0 Å². The minimum absolute atomic E-state index is 0.226. The maximum atomic E-state index is 6.32. The Balaban J connectivity index is 2.24. The molecule has 0 N–H and O–H groups in total. The fourth-order valence-corrected chi connectivity index (χ4v) is 4.19. The first-order valence-corrected chi connectivity index (χ1v) is 8.69. The Labute approximate surface area is 136 Å². The third-order valence-electron chi connectivity index (χ3n) is 4.82. The van der Waals surface area contributed by atoms with E-state index in [1.807, 2.05) is 6.07 Å². The van der Waals surface area contributed by atoms with E-state index in [0.29, 0.717) is 10.7 Å². The van der Waals surface area contributed by atoms with Gasteiger partial charge in [-0.05, 0) is 48.9 Å². The van der Waals surface area contributed by atoms with Crippen molar-refractivity contribution in [2.45, 2.75) is 64.3 Å². The Hall–Kier alpha value is -0.210. The molecule has 0 bridgehead atoms. The first kappa shape index (κ1) is 16.2. The van der Waals surface area contributed by atoms with Gasteiger partial charge in [0.1, 0.15) is 11.9 Å². The van der Waals surface area contributed by atoms with Crippen molar-refractivity contribution in [2.75, 3.05) is 0 Å². The Morgan fingerprint density at radius 1 is 1.45 bits per heavy atom. The molecule has 2 rings (SSSR count). The van der Waals surface area contributed by atoms with Gasteiger partial charge in [0.15, 0.2) is 0 Å². The van der Waals surface area contributed by atoms with Gasteiger partial charge < -0.3 is 4.74 Å². The van der Waals surface area contributed by atoms with Gasteiger partial charge in [-0.3, -0.25) is 0 Å². The second kappa shape index (κ2) is 5.88. The van der Waals surface area contributed by atoms with Crippen LogP contribution in [-0.2, 0) is 0 Å². The summed E-state index contributed by atoms with van der Waals surface area (Å²) < 4.78 is 6.32. The molecule has 3 heteroatoms. The SMILES string of the molecule is CCC1(C)C(Br)CC1Oc1cc(C(C)C)c(Cl)cc1C. The van der Waals surface area contributed by atoms with E-state index in [1.54, 1.807) is 0 Å². The van der Waals surface area contributed by atoms with E-state index < -0.39 is 0 Å². The average molecular weight is 360 g/mol. The molecule has 0 aliphatic heterocycles. The van der Waals surface area contributed by atoms with E-state index in [9.17, 15) is 0 Å². The molecule has 0 heterocycles. The highest BCUT2D eigenvalue weighted by molar-refractivity contribution is 9.09. The third-order valence-corrected chi connectivity index (χ3v) is 6.57. The molecule has 3 atom stereocenters. The summed E-state index contributed by atoms with van der Waals surface area (Å²) >= 11 is 10.1. The number of halogens is 2. The first-order chi connectivity index (χ1) is 9.29. The van der Waals surface area contributed by atoms with Crippen molar-refractivity contribution in [1.82, 2.24) is 0 Å². The molecule has 0 radical (unpaired) electrons. The standard InChI is InChI=1S/C17H24BrClO/c1-6-17(5)15(18)9-16(17)20-14-8-12(10(2)3)13(19)7-11(14)4/h7-8,10,15-16H,6,9H2,1-5H3. The summed E-state index contributed by atoms with van der Waals surface area (Å²) in [7, 11) is 0. The fourth-order valence-electron chi connectivity index (χ4n) is 2.79. The average Bonchev–Trinajstić information content (AvgIpc) is 2.39. The van der Waals surface area contributed by atoms with Crippen LogP contribution in [0.15, 0.2) is 12.1 Å². The van der Waals surface area contributed by atoms with Crippen LogP contribution in [0.4, 0.5) is 0 Å². The highest BCUT2D eigenvalue weighted by atomic mass is 79.9. The second-order valence-corrected chi connectivity index (χ2v) is 7.98. The zero-order chi connectivity index (χ0) is 15.1. The number of alkyl halides is 1. The Morgan fingerprint density at radius 2 is 2.10 bits per heavy atom. The van der Waals surface area contributed by atoms with Gasteiger partial charge in [0.05, 0.1) is 0 Å². The highest BCUT2D eigenvalue weighted by Gasteiger charge is 2.51. The van der Waals surface area contributed by atoms with E-state index in [4.69, 9.17) is 16.3 Å². The number of benzene rings is 1. The predicted molar refractivity (Wildman–Crippen MR) is 90.4 cm³/mol. The number of rotatable bonds is 4. The fraction of sp³-hybridized carbons (Fsp3) is 0.647. The molecule has 0 amide bonds. The topological polar surface area (TPSA) is 9.23 Å². The van der Waals surface area contributed by atoms with Crippen LogP contribution in [0.2, 0.25) is 5.02 Å². The van der Waals surface area contributed by atoms with E-state index in [2.05, 4.69) is 56.6 Å². The lowest BCUT2D eigenvalue weighted by Gasteiger charge is -2.50.